The number of carbonyl (C=O) groups is 2. The molecule has 0 aliphatic carbocycles. The average molecular weight is 514 g/mol. The summed E-state index contributed by atoms with van der Waals surface area (Å²) in [6.45, 7) is 6.06. The number of Topliss-reactive ketones (excluding diaryl/α,β-unsaturated/α-hetero) is 1. The molecule has 38 heavy (non-hydrogen) atoms. The molecule has 7 nitrogen and oxygen atoms in total. The van der Waals surface area contributed by atoms with E-state index in [1.54, 1.807) is 19.2 Å². The summed E-state index contributed by atoms with van der Waals surface area (Å²) in [6, 6.07) is 19.2. The van der Waals surface area contributed by atoms with E-state index in [4.69, 9.17) is 14.2 Å². The number of hydrogen-bond donors (Lipinski definition) is 1. The standard InChI is InChI=1S/C31H31NO6/c1-18(2)37-25-12-7-21(8-13-25)28-27(29(33)22-9-14-26-23(16-22)15-19(3)38-26)30(34)31(35)32(28)17-20-5-10-24(36-4)11-6-20/h5-14,16,18-19,28,33H,15,17H2,1-4H3/b29-27-. The fourth-order valence-electron chi connectivity index (χ4n) is 5.04. The number of rotatable bonds is 7. The molecule has 2 atom stereocenters. The molecule has 0 bridgehead atoms. The first-order valence-electron chi connectivity index (χ1n) is 12.7. The summed E-state index contributed by atoms with van der Waals surface area (Å²) in [5.74, 6) is 0.579. The summed E-state index contributed by atoms with van der Waals surface area (Å²) >= 11 is 0. The summed E-state index contributed by atoms with van der Waals surface area (Å²) < 4.78 is 16.8. The van der Waals surface area contributed by atoms with Gasteiger partial charge in [-0.2, -0.15) is 0 Å². The molecule has 1 amide bonds. The SMILES string of the molecule is COc1ccc(CN2C(=O)C(=O)/C(=C(\O)c3ccc4c(c3)CC(C)O4)C2c2ccc(OC(C)C)cc2)cc1. The molecule has 3 aromatic carbocycles. The van der Waals surface area contributed by atoms with Gasteiger partial charge in [0.1, 0.15) is 29.1 Å². The van der Waals surface area contributed by atoms with Crippen molar-refractivity contribution < 1.29 is 28.9 Å². The molecule has 3 aromatic rings. The van der Waals surface area contributed by atoms with Gasteiger partial charge in [-0.1, -0.05) is 24.3 Å². The number of ether oxygens (including phenoxy) is 3. The Morgan fingerprint density at radius 1 is 1.03 bits per heavy atom. The Kier molecular flexibility index (Phi) is 6.85. The maximum atomic E-state index is 13.4. The van der Waals surface area contributed by atoms with E-state index in [1.807, 2.05) is 75.4 Å². The minimum Gasteiger partial charge on any atom is -0.507 e. The summed E-state index contributed by atoms with van der Waals surface area (Å²) in [6.07, 6.45) is 0.764. The molecule has 7 heteroatoms. The minimum absolute atomic E-state index is 0.00747. The number of likely N-dealkylation sites (tertiary alicyclic amines) is 1. The highest BCUT2D eigenvalue weighted by atomic mass is 16.5. The van der Waals surface area contributed by atoms with Crippen LogP contribution in [0.15, 0.2) is 72.3 Å². The minimum atomic E-state index is -0.770. The second-order valence-corrected chi connectivity index (χ2v) is 9.97. The first-order chi connectivity index (χ1) is 18.2. The fourth-order valence-corrected chi connectivity index (χ4v) is 5.04. The number of amides is 1. The van der Waals surface area contributed by atoms with E-state index in [1.165, 1.54) is 4.90 Å². The van der Waals surface area contributed by atoms with Gasteiger partial charge >= 0.3 is 0 Å². The predicted molar refractivity (Wildman–Crippen MR) is 143 cm³/mol. The monoisotopic (exact) mass is 513 g/mol. The van der Waals surface area contributed by atoms with Crippen molar-refractivity contribution in [2.45, 2.75) is 52.0 Å². The Hall–Kier alpha value is -4.26. The van der Waals surface area contributed by atoms with Gasteiger partial charge in [0.15, 0.2) is 0 Å². The lowest BCUT2D eigenvalue weighted by molar-refractivity contribution is -0.140. The van der Waals surface area contributed by atoms with E-state index in [0.717, 1.165) is 16.9 Å². The van der Waals surface area contributed by atoms with E-state index in [9.17, 15) is 14.7 Å². The van der Waals surface area contributed by atoms with Gasteiger partial charge in [0.25, 0.3) is 11.7 Å². The van der Waals surface area contributed by atoms with Crippen LogP contribution in [-0.2, 0) is 22.6 Å². The lowest BCUT2D eigenvalue weighted by Gasteiger charge is -2.26. The van der Waals surface area contributed by atoms with E-state index < -0.39 is 17.7 Å². The zero-order valence-corrected chi connectivity index (χ0v) is 21.9. The van der Waals surface area contributed by atoms with Gasteiger partial charge in [-0.3, -0.25) is 9.59 Å². The van der Waals surface area contributed by atoms with Crippen LogP contribution in [0.2, 0.25) is 0 Å². The first-order valence-corrected chi connectivity index (χ1v) is 12.7. The van der Waals surface area contributed by atoms with Gasteiger partial charge in [0, 0.05) is 18.5 Å². The highest BCUT2D eigenvalue weighted by Gasteiger charge is 2.46. The van der Waals surface area contributed by atoms with E-state index >= 15 is 0 Å². The second-order valence-electron chi connectivity index (χ2n) is 9.97. The van der Waals surface area contributed by atoms with Crippen molar-refractivity contribution in [3.8, 4) is 17.2 Å². The fraction of sp³-hybridized carbons (Fsp3) is 0.290. The molecule has 0 saturated carbocycles. The van der Waals surface area contributed by atoms with E-state index in [-0.39, 0.29) is 30.1 Å². The third kappa shape index (κ3) is 4.84. The van der Waals surface area contributed by atoms with Crippen molar-refractivity contribution in [3.63, 3.8) is 0 Å². The molecule has 2 aliphatic heterocycles. The maximum Gasteiger partial charge on any atom is 0.295 e. The largest absolute Gasteiger partial charge is 0.507 e. The van der Waals surface area contributed by atoms with Gasteiger partial charge in [-0.15, -0.1) is 0 Å². The Bertz CT molecular complexity index is 1390. The van der Waals surface area contributed by atoms with Crippen molar-refractivity contribution in [3.05, 3.63) is 94.6 Å². The number of aliphatic hydroxyl groups excluding tert-OH is 1. The molecule has 1 N–H and O–H groups in total. The van der Waals surface area contributed by atoms with Gasteiger partial charge in [0.05, 0.1) is 24.8 Å². The smallest absolute Gasteiger partial charge is 0.295 e. The quantitative estimate of drug-likeness (QED) is 0.258. The lowest BCUT2D eigenvalue weighted by atomic mass is 9.94. The molecule has 1 saturated heterocycles. The molecule has 0 aromatic heterocycles. The van der Waals surface area contributed by atoms with Gasteiger partial charge in [-0.25, -0.2) is 0 Å². The highest BCUT2D eigenvalue weighted by Crippen LogP contribution is 2.41. The van der Waals surface area contributed by atoms with Gasteiger partial charge in [-0.05, 0) is 79.9 Å². The van der Waals surface area contributed by atoms with E-state index in [2.05, 4.69) is 0 Å². The molecule has 196 valence electrons. The van der Waals surface area contributed by atoms with Crippen molar-refractivity contribution in [2.24, 2.45) is 0 Å². The molecular formula is C31H31NO6. The van der Waals surface area contributed by atoms with Crippen LogP contribution < -0.4 is 14.2 Å². The number of hydrogen-bond acceptors (Lipinski definition) is 6. The molecule has 0 spiro atoms. The third-order valence-electron chi connectivity index (χ3n) is 6.79. The second kappa shape index (κ2) is 10.2. The molecule has 2 heterocycles. The maximum absolute atomic E-state index is 13.4. The van der Waals surface area contributed by atoms with Crippen molar-refractivity contribution >= 4 is 17.4 Å². The van der Waals surface area contributed by atoms with Crippen molar-refractivity contribution in [2.75, 3.05) is 7.11 Å². The number of aliphatic hydroxyl groups is 1. The lowest BCUT2D eigenvalue weighted by Crippen LogP contribution is -2.29. The summed E-state index contributed by atoms with van der Waals surface area (Å²) in [5.41, 5.74) is 3.04. The molecule has 2 unspecified atom stereocenters. The predicted octanol–water partition coefficient (Wildman–Crippen LogP) is 5.43. The van der Waals surface area contributed by atoms with Crippen LogP contribution in [0.1, 0.15) is 49.1 Å². The number of nitrogens with zero attached hydrogens (tertiary/aromatic N) is 1. The average Bonchev–Trinajstić information content (AvgIpc) is 3.40. The number of benzene rings is 3. The first kappa shape index (κ1) is 25.4. The Labute approximate surface area is 222 Å². The van der Waals surface area contributed by atoms with Gasteiger partial charge in [0.2, 0.25) is 0 Å². The van der Waals surface area contributed by atoms with Gasteiger partial charge < -0.3 is 24.2 Å². The number of ketones is 1. The molecular weight excluding hydrogens is 482 g/mol. The van der Waals surface area contributed by atoms with Crippen LogP contribution in [0.25, 0.3) is 5.76 Å². The summed E-state index contributed by atoms with van der Waals surface area (Å²) in [7, 11) is 1.59. The highest BCUT2D eigenvalue weighted by molar-refractivity contribution is 6.46. The van der Waals surface area contributed by atoms with Crippen LogP contribution in [0.4, 0.5) is 0 Å². The van der Waals surface area contributed by atoms with Crippen LogP contribution in [0.3, 0.4) is 0 Å². The van der Waals surface area contributed by atoms with Crippen molar-refractivity contribution in [1.29, 1.82) is 0 Å². The molecule has 1 fully saturated rings. The zero-order chi connectivity index (χ0) is 27.0. The number of methoxy groups -OCH3 is 1. The molecule has 5 rings (SSSR count). The Balaban J connectivity index is 1.58. The molecule has 0 radical (unpaired) electrons. The van der Waals surface area contributed by atoms with Crippen LogP contribution in [0.5, 0.6) is 17.2 Å². The summed E-state index contributed by atoms with van der Waals surface area (Å²) in [4.78, 5) is 28.3. The number of carbonyl (C=O) groups excluding carboxylic acids is 2. The Morgan fingerprint density at radius 2 is 1.71 bits per heavy atom. The van der Waals surface area contributed by atoms with Crippen molar-refractivity contribution in [1.82, 2.24) is 4.90 Å². The third-order valence-corrected chi connectivity index (χ3v) is 6.79. The zero-order valence-electron chi connectivity index (χ0n) is 21.9. The molecule has 2 aliphatic rings. The van der Waals surface area contributed by atoms with Crippen LogP contribution in [0, 0.1) is 0 Å². The topological polar surface area (TPSA) is 85.3 Å². The number of fused-ring (bicyclic) bond motifs is 1. The normalized spacial score (nSPS) is 20.0. The Morgan fingerprint density at radius 3 is 2.37 bits per heavy atom. The van der Waals surface area contributed by atoms with E-state index in [0.29, 0.717) is 29.0 Å². The van der Waals surface area contributed by atoms with Crippen LogP contribution in [-0.4, -0.2) is 41.0 Å². The summed E-state index contributed by atoms with van der Waals surface area (Å²) in [5, 5.41) is 11.5. The van der Waals surface area contributed by atoms with Crippen LogP contribution >= 0.6 is 0 Å².